The molecule has 1 amide bonds. The van der Waals surface area contributed by atoms with Gasteiger partial charge in [-0.15, -0.1) is 0 Å². The fraction of sp³-hybridized carbons (Fsp3) is 0.0435. The second-order valence-corrected chi connectivity index (χ2v) is 6.43. The summed E-state index contributed by atoms with van der Waals surface area (Å²) in [6, 6.07) is 13.7. The molecular formula is C23H17F2NO3. The van der Waals surface area contributed by atoms with Crippen molar-refractivity contribution in [2.75, 3.05) is 5.32 Å². The average molecular weight is 393 g/mol. The van der Waals surface area contributed by atoms with Gasteiger partial charge >= 0.3 is 0 Å². The first kappa shape index (κ1) is 19.9. The van der Waals surface area contributed by atoms with E-state index < -0.39 is 17.5 Å². The van der Waals surface area contributed by atoms with Crippen LogP contribution >= 0.6 is 0 Å². The maximum absolute atomic E-state index is 13.2. The predicted molar refractivity (Wildman–Crippen MR) is 107 cm³/mol. The molecule has 6 heteroatoms. The molecule has 146 valence electrons. The van der Waals surface area contributed by atoms with E-state index in [1.54, 1.807) is 31.2 Å². The summed E-state index contributed by atoms with van der Waals surface area (Å²) >= 11 is 0. The van der Waals surface area contributed by atoms with Gasteiger partial charge in [0.1, 0.15) is 17.4 Å². The quantitative estimate of drug-likeness (QED) is 0.467. The van der Waals surface area contributed by atoms with E-state index in [0.717, 1.165) is 17.7 Å². The summed E-state index contributed by atoms with van der Waals surface area (Å²) in [4.78, 5) is 24.4. The van der Waals surface area contributed by atoms with Crippen molar-refractivity contribution in [1.29, 1.82) is 0 Å². The molecule has 3 aromatic carbocycles. The second kappa shape index (κ2) is 8.48. The summed E-state index contributed by atoms with van der Waals surface area (Å²) in [5, 5.41) is 12.2. The topological polar surface area (TPSA) is 66.4 Å². The molecule has 0 fully saturated rings. The molecular weight excluding hydrogens is 376 g/mol. The van der Waals surface area contributed by atoms with Crippen molar-refractivity contribution in [3.63, 3.8) is 0 Å². The van der Waals surface area contributed by atoms with E-state index in [9.17, 15) is 23.5 Å². The molecule has 0 spiro atoms. The highest BCUT2D eigenvalue weighted by Gasteiger charge is 2.10. The highest BCUT2D eigenvalue weighted by molar-refractivity contribution is 6.08. The number of ketones is 1. The van der Waals surface area contributed by atoms with E-state index in [4.69, 9.17) is 0 Å². The van der Waals surface area contributed by atoms with Gasteiger partial charge in [0.05, 0.1) is 0 Å². The first-order chi connectivity index (χ1) is 13.8. The molecule has 0 saturated heterocycles. The van der Waals surface area contributed by atoms with E-state index in [1.807, 2.05) is 0 Å². The summed E-state index contributed by atoms with van der Waals surface area (Å²) in [6.45, 7) is 1.78. The summed E-state index contributed by atoms with van der Waals surface area (Å²) in [6.07, 6.45) is 2.98. The Balaban J connectivity index is 1.67. The van der Waals surface area contributed by atoms with Gasteiger partial charge in [-0.2, -0.15) is 0 Å². The van der Waals surface area contributed by atoms with E-state index in [2.05, 4.69) is 5.32 Å². The van der Waals surface area contributed by atoms with Crippen LogP contribution in [0.4, 0.5) is 14.5 Å². The largest absolute Gasteiger partial charge is 0.508 e. The van der Waals surface area contributed by atoms with E-state index in [1.165, 1.54) is 30.3 Å². The molecule has 0 aliphatic rings. The Morgan fingerprint density at radius 3 is 2.17 bits per heavy atom. The third kappa shape index (κ3) is 5.13. The van der Waals surface area contributed by atoms with Gasteiger partial charge in [-0.3, -0.25) is 9.59 Å². The zero-order valence-electron chi connectivity index (χ0n) is 15.4. The second-order valence-electron chi connectivity index (χ2n) is 6.43. The SMILES string of the molecule is Cc1ccc(/C=C/C(=O)c2ccc(NC(=O)c3cc(F)cc(F)c3)cc2)cc1O. The third-order valence-corrected chi connectivity index (χ3v) is 4.21. The Morgan fingerprint density at radius 1 is 0.897 bits per heavy atom. The van der Waals surface area contributed by atoms with Crippen molar-refractivity contribution in [2.24, 2.45) is 0 Å². The van der Waals surface area contributed by atoms with Crippen molar-refractivity contribution in [2.45, 2.75) is 6.92 Å². The Labute approximate surface area is 166 Å². The Hall–Kier alpha value is -3.80. The number of aromatic hydroxyl groups is 1. The molecule has 0 bridgehead atoms. The van der Waals surface area contributed by atoms with Gasteiger partial charge in [-0.05, 0) is 66.6 Å². The Kier molecular flexibility index (Phi) is 5.83. The van der Waals surface area contributed by atoms with Crippen LogP contribution in [0.5, 0.6) is 5.75 Å². The van der Waals surface area contributed by atoms with Crippen molar-refractivity contribution >= 4 is 23.5 Å². The number of carbonyl (C=O) groups excluding carboxylic acids is 2. The number of carbonyl (C=O) groups is 2. The fourth-order valence-corrected chi connectivity index (χ4v) is 2.60. The highest BCUT2D eigenvalue weighted by atomic mass is 19.1. The molecule has 0 aliphatic carbocycles. The molecule has 3 rings (SSSR count). The first-order valence-electron chi connectivity index (χ1n) is 8.71. The lowest BCUT2D eigenvalue weighted by Gasteiger charge is -2.06. The van der Waals surface area contributed by atoms with Crippen LogP contribution in [-0.2, 0) is 0 Å². The average Bonchev–Trinajstić information content (AvgIpc) is 2.68. The molecule has 0 unspecified atom stereocenters. The number of halogens is 2. The van der Waals surface area contributed by atoms with Gasteiger partial charge < -0.3 is 10.4 Å². The lowest BCUT2D eigenvalue weighted by molar-refractivity contribution is 0.102. The van der Waals surface area contributed by atoms with Gasteiger partial charge in [-0.1, -0.05) is 18.2 Å². The molecule has 4 nitrogen and oxygen atoms in total. The molecule has 0 atom stereocenters. The Morgan fingerprint density at radius 2 is 1.55 bits per heavy atom. The lowest BCUT2D eigenvalue weighted by atomic mass is 10.1. The van der Waals surface area contributed by atoms with Gasteiger partial charge in [-0.25, -0.2) is 8.78 Å². The number of hydrogen-bond acceptors (Lipinski definition) is 3. The highest BCUT2D eigenvalue weighted by Crippen LogP contribution is 2.19. The van der Waals surface area contributed by atoms with E-state index in [0.29, 0.717) is 22.9 Å². The van der Waals surface area contributed by atoms with Crippen LogP contribution in [0.25, 0.3) is 6.08 Å². The van der Waals surface area contributed by atoms with Crippen molar-refractivity contribution in [1.82, 2.24) is 0 Å². The number of phenolic OH excluding ortho intramolecular Hbond substituents is 1. The minimum Gasteiger partial charge on any atom is -0.508 e. The van der Waals surface area contributed by atoms with Crippen LogP contribution in [0.3, 0.4) is 0 Å². The van der Waals surface area contributed by atoms with Crippen LogP contribution in [0.15, 0.2) is 66.7 Å². The molecule has 3 aromatic rings. The number of hydrogen-bond donors (Lipinski definition) is 2. The van der Waals surface area contributed by atoms with Gasteiger partial charge in [0.15, 0.2) is 5.78 Å². The number of amides is 1. The van der Waals surface area contributed by atoms with Crippen molar-refractivity contribution < 1.29 is 23.5 Å². The zero-order valence-corrected chi connectivity index (χ0v) is 15.4. The van der Waals surface area contributed by atoms with Crippen LogP contribution in [0.2, 0.25) is 0 Å². The zero-order chi connectivity index (χ0) is 21.0. The number of phenols is 1. The van der Waals surface area contributed by atoms with Crippen molar-refractivity contribution in [3.05, 3.63) is 101 Å². The Bertz CT molecular complexity index is 1090. The van der Waals surface area contributed by atoms with Gasteiger partial charge in [0.25, 0.3) is 5.91 Å². The molecule has 0 aliphatic heterocycles. The molecule has 0 radical (unpaired) electrons. The normalized spacial score (nSPS) is 10.9. The first-order valence-corrected chi connectivity index (χ1v) is 8.71. The minimum absolute atomic E-state index is 0.146. The summed E-state index contributed by atoms with van der Waals surface area (Å²) in [5.74, 6) is -2.45. The predicted octanol–water partition coefficient (Wildman–Crippen LogP) is 5.13. The maximum atomic E-state index is 13.2. The summed E-state index contributed by atoms with van der Waals surface area (Å²) < 4.78 is 26.5. The number of aryl methyl sites for hydroxylation is 1. The molecule has 0 aromatic heterocycles. The van der Waals surface area contributed by atoms with E-state index >= 15 is 0 Å². The summed E-state index contributed by atoms with van der Waals surface area (Å²) in [7, 11) is 0. The number of rotatable bonds is 5. The number of allylic oxidation sites excluding steroid dienone is 1. The standard InChI is InChI=1S/C23H17F2NO3/c1-14-2-3-15(10-22(14)28)4-9-21(27)16-5-7-20(8-6-16)26-23(29)17-11-18(24)13-19(25)12-17/h2-13,28H,1H3,(H,26,29)/b9-4+. The van der Waals surface area contributed by atoms with Crippen LogP contribution in [0, 0.1) is 18.6 Å². The number of nitrogens with one attached hydrogen (secondary N) is 1. The molecule has 2 N–H and O–H groups in total. The summed E-state index contributed by atoms with van der Waals surface area (Å²) in [5.41, 5.74) is 2.06. The van der Waals surface area contributed by atoms with Gasteiger partial charge in [0, 0.05) is 22.9 Å². The maximum Gasteiger partial charge on any atom is 0.255 e. The molecule has 0 saturated carbocycles. The smallest absolute Gasteiger partial charge is 0.255 e. The monoisotopic (exact) mass is 393 g/mol. The van der Waals surface area contributed by atoms with Gasteiger partial charge in [0.2, 0.25) is 0 Å². The third-order valence-electron chi connectivity index (χ3n) is 4.21. The lowest BCUT2D eigenvalue weighted by Crippen LogP contribution is -2.12. The fourth-order valence-electron chi connectivity index (χ4n) is 2.60. The minimum atomic E-state index is -0.843. The van der Waals surface area contributed by atoms with Crippen LogP contribution in [0.1, 0.15) is 31.8 Å². The van der Waals surface area contributed by atoms with Crippen LogP contribution < -0.4 is 5.32 Å². The van der Waals surface area contributed by atoms with Crippen molar-refractivity contribution in [3.8, 4) is 5.75 Å². The number of anilines is 1. The van der Waals surface area contributed by atoms with Crippen LogP contribution in [-0.4, -0.2) is 16.8 Å². The molecule has 0 heterocycles. The van der Waals surface area contributed by atoms with E-state index in [-0.39, 0.29) is 17.1 Å². The number of benzene rings is 3. The molecule has 29 heavy (non-hydrogen) atoms.